The number of halogens is 1. The summed E-state index contributed by atoms with van der Waals surface area (Å²) in [5.74, 6) is -0.222. The summed E-state index contributed by atoms with van der Waals surface area (Å²) in [7, 11) is 1.53. The molecule has 2 heterocycles. The summed E-state index contributed by atoms with van der Waals surface area (Å²) in [6.07, 6.45) is 6.12. The highest BCUT2D eigenvalue weighted by atomic mass is 32.2. The monoisotopic (exact) mass is 705 g/mol. The molecule has 1 fully saturated rings. The predicted octanol–water partition coefficient (Wildman–Crippen LogP) is 8.74. The van der Waals surface area contributed by atoms with E-state index in [1.54, 1.807) is 54.6 Å². The number of aliphatic hydroxyl groups excluding tert-OH is 1. The van der Waals surface area contributed by atoms with Crippen LogP contribution in [0.2, 0.25) is 0 Å². The molecule has 0 spiro atoms. The van der Waals surface area contributed by atoms with E-state index in [9.17, 15) is 19.1 Å². The Hall–Kier alpha value is -4.42. The number of ketones is 1. The van der Waals surface area contributed by atoms with Crippen LogP contribution in [0.5, 0.6) is 17.2 Å². The number of aromatic nitrogens is 2. The maximum Gasteiger partial charge on any atom is 0.301 e. The second kappa shape index (κ2) is 17.3. The Morgan fingerprint density at radius 2 is 1.63 bits per heavy atom. The second-order valence-electron chi connectivity index (χ2n) is 11.5. The van der Waals surface area contributed by atoms with Gasteiger partial charge in [0.15, 0.2) is 15.8 Å². The van der Waals surface area contributed by atoms with Gasteiger partial charge in [0.25, 0.3) is 5.78 Å². The predicted molar refractivity (Wildman–Crippen MR) is 190 cm³/mol. The van der Waals surface area contributed by atoms with Gasteiger partial charge in [-0.05, 0) is 72.5 Å². The van der Waals surface area contributed by atoms with E-state index in [0.717, 1.165) is 55.4 Å². The quantitative estimate of drug-likeness (QED) is 0.0288. The van der Waals surface area contributed by atoms with Gasteiger partial charge >= 0.3 is 5.91 Å². The number of hydrogen-bond donors (Lipinski definition) is 1. The number of anilines is 1. The lowest BCUT2D eigenvalue weighted by atomic mass is 9.95. The van der Waals surface area contributed by atoms with Gasteiger partial charge in [-0.1, -0.05) is 80.8 Å². The van der Waals surface area contributed by atoms with Crippen LogP contribution in [0.4, 0.5) is 9.52 Å². The average Bonchev–Trinajstić information content (AvgIpc) is 3.69. The topological polar surface area (TPSA) is 111 Å². The number of thioether (sulfide) groups is 1. The van der Waals surface area contributed by atoms with Crippen LogP contribution in [0.15, 0.2) is 76.6 Å². The van der Waals surface area contributed by atoms with E-state index < -0.39 is 17.7 Å². The fourth-order valence-electron chi connectivity index (χ4n) is 5.31. The number of carbonyl (C=O) groups is 2. The molecule has 1 unspecified atom stereocenters. The number of carbonyl (C=O) groups excluding carboxylic acids is 2. The molecule has 49 heavy (non-hydrogen) atoms. The van der Waals surface area contributed by atoms with Crippen molar-refractivity contribution < 1.29 is 33.3 Å². The van der Waals surface area contributed by atoms with Gasteiger partial charge < -0.3 is 19.3 Å². The minimum Gasteiger partial charge on any atom is -0.507 e. The Kier molecular flexibility index (Phi) is 12.7. The third-order valence-corrected chi connectivity index (χ3v) is 10.1. The van der Waals surface area contributed by atoms with E-state index in [-0.39, 0.29) is 22.3 Å². The lowest BCUT2D eigenvalue weighted by molar-refractivity contribution is -0.132. The fraction of sp³-hybridized carbons (Fsp3) is 0.351. The van der Waals surface area contributed by atoms with Crippen LogP contribution in [-0.4, -0.2) is 47.3 Å². The van der Waals surface area contributed by atoms with Gasteiger partial charge in [-0.15, -0.1) is 10.2 Å². The molecule has 0 radical (unpaired) electrons. The summed E-state index contributed by atoms with van der Waals surface area (Å²) in [5.41, 5.74) is 1.68. The van der Waals surface area contributed by atoms with Gasteiger partial charge in [0.05, 0.1) is 31.9 Å². The molecule has 5 rings (SSSR count). The maximum absolute atomic E-state index is 13.8. The number of hydrogen-bond acceptors (Lipinski definition) is 10. The third kappa shape index (κ3) is 8.79. The Morgan fingerprint density at radius 3 is 2.35 bits per heavy atom. The van der Waals surface area contributed by atoms with Crippen LogP contribution in [0.3, 0.4) is 0 Å². The molecule has 1 aliphatic rings. The van der Waals surface area contributed by atoms with E-state index >= 15 is 0 Å². The molecular formula is C37H40FN3O6S2. The molecule has 1 amide bonds. The highest BCUT2D eigenvalue weighted by Crippen LogP contribution is 2.45. The Bertz CT molecular complexity index is 1760. The number of rotatable bonds is 17. The van der Waals surface area contributed by atoms with Crippen LogP contribution in [0.25, 0.3) is 5.76 Å². The zero-order valence-electron chi connectivity index (χ0n) is 27.8. The molecule has 0 saturated carbocycles. The molecule has 4 aromatic rings. The van der Waals surface area contributed by atoms with E-state index in [1.807, 2.05) is 0 Å². The zero-order valence-corrected chi connectivity index (χ0v) is 29.4. The van der Waals surface area contributed by atoms with Gasteiger partial charge in [-0.25, -0.2) is 4.39 Å². The fourth-order valence-corrected chi connectivity index (χ4v) is 7.14. The molecule has 3 aromatic carbocycles. The molecule has 9 nitrogen and oxygen atoms in total. The summed E-state index contributed by atoms with van der Waals surface area (Å²) in [4.78, 5) is 28.8. The molecule has 1 saturated heterocycles. The minimum atomic E-state index is -1.03. The van der Waals surface area contributed by atoms with E-state index in [0.29, 0.717) is 51.7 Å². The number of aliphatic hydroxyl groups is 1. The molecule has 12 heteroatoms. The Labute approximate surface area is 294 Å². The summed E-state index contributed by atoms with van der Waals surface area (Å²) in [5, 5.41) is 20.4. The largest absolute Gasteiger partial charge is 0.507 e. The van der Waals surface area contributed by atoms with Crippen LogP contribution < -0.4 is 19.1 Å². The minimum absolute atomic E-state index is 0.0874. The summed E-state index contributed by atoms with van der Waals surface area (Å²) < 4.78 is 31.4. The van der Waals surface area contributed by atoms with Gasteiger partial charge in [0, 0.05) is 11.3 Å². The van der Waals surface area contributed by atoms with Gasteiger partial charge in [0.2, 0.25) is 5.13 Å². The van der Waals surface area contributed by atoms with Crippen molar-refractivity contribution in [2.45, 2.75) is 68.5 Å². The molecule has 1 aromatic heterocycles. The number of benzene rings is 3. The first kappa shape index (κ1) is 35.9. The van der Waals surface area contributed by atoms with Gasteiger partial charge in [-0.3, -0.25) is 14.5 Å². The van der Waals surface area contributed by atoms with Crippen LogP contribution in [-0.2, 0) is 15.3 Å². The van der Waals surface area contributed by atoms with Crippen molar-refractivity contribution in [3.63, 3.8) is 0 Å². The zero-order chi connectivity index (χ0) is 34.8. The van der Waals surface area contributed by atoms with Crippen molar-refractivity contribution in [3.8, 4) is 17.2 Å². The summed E-state index contributed by atoms with van der Waals surface area (Å²) in [6.45, 7) is 5.32. The second-order valence-corrected chi connectivity index (χ2v) is 13.7. The van der Waals surface area contributed by atoms with Crippen molar-refractivity contribution in [2.75, 3.05) is 25.2 Å². The SMILES string of the molecule is CCCCCCOc1ccc(C2/C(=C(/O)c3ccc(OCCCC)cc3)C(=O)C(=O)N2c2nnc(SCc3ccc(F)cc3)s2)cc1OC. The molecule has 258 valence electrons. The first-order valence-corrected chi connectivity index (χ1v) is 18.2. The van der Waals surface area contributed by atoms with Crippen molar-refractivity contribution in [1.82, 2.24) is 10.2 Å². The van der Waals surface area contributed by atoms with E-state index in [1.165, 1.54) is 35.9 Å². The van der Waals surface area contributed by atoms with Crippen molar-refractivity contribution in [2.24, 2.45) is 0 Å². The molecule has 0 aliphatic carbocycles. The third-order valence-electron chi connectivity index (χ3n) is 7.98. The highest BCUT2D eigenvalue weighted by molar-refractivity contribution is 8.00. The number of amides is 1. The van der Waals surface area contributed by atoms with Crippen molar-refractivity contribution in [3.05, 3.63) is 94.8 Å². The average molecular weight is 706 g/mol. The lowest BCUT2D eigenvalue weighted by Crippen LogP contribution is -2.29. The summed E-state index contributed by atoms with van der Waals surface area (Å²) >= 11 is 2.53. The van der Waals surface area contributed by atoms with E-state index in [2.05, 4.69) is 24.0 Å². The number of methoxy groups -OCH3 is 1. The van der Waals surface area contributed by atoms with Crippen LogP contribution in [0.1, 0.15) is 75.1 Å². The Balaban J connectivity index is 1.49. The van der Waals surface area contributed by atoms with Crippen LogP contribution >= 0.6 is 23.1 Å². The number of nitrogens with zero attached hydrogens (tertiary/aromatic N) is 3. The maximum atomic E-state index is 13.8. The smallest absolute Gasteiger partial charge is 0.301 e. The number of unbranched alkanes of at least 4 members (excludes halogenated alkanes) is 4. The standard InChI is InChI=1S/C37H40FN3O6S2/c1-4-6-8-9-21-47-29-19-14-26(22-30(29)45-3)32-31(33(42)25-12-17-28(18-13-25)46-20-7-5-2)34(43)35(44)41(32)36-39-40-37(49-36)48-23-24-10-15-27(38)16-11-24/h10-19,22,32,42H,4-9,20-21,23H2,1-3H3/b33-31-. The normalized spacial score (nSPS) is 15.5. The van der Waals surface area contributed by atoms with Crippen molar-refractivity contribution in [1.29, 1.82) is 0 Å². The first-order valence-electron chi connectivity index (χ1n) is 16.4. The lowest BCUT2D eigenvalue weighted by Gasteiger charge is -2.23. The highest BCUT2D eigenvalue weighted by Gasteiger charge is 2.48. The molecule has 1 N–H and O–H groups in total. The number of ether oxygens (including phenoxy) is 3. The first-order chi connectivity index (χ1) is 23.8. The molecule has 1 atom stereocenters. The number of Topliss-reactive ketones (excluding diaryl/α,β-unsaturated/α-hetero) is 1. The van der Waals surface area contributed by atoms with Gasteiger partial charge in [-0.2, -0.15) is 0 Å². The molecule has 1 aliphatic heterocycles. The van der Waals surface area contributed by atoms with Crippen LogP contribution in [0, 0.1) is 5.82 Å². The Morgan fingerprint density at radius 1 is 0.898 bits per heavy atom. The molecule has 0 bridgehead atoms. The summed E-state index contributed by atoms with van der Waals surface area (Å²) in [6, 6.07) is 17.1. The van der Waals surface area contributed by atoms with E-state index in [4.69, 9.17) is 14.2 Å². The van der Waals surface area contributed by atoms with Crippen molar-refractivity contribution >= 4 is 45.7 Å². The molecular weight excluding hydrogens is 666 g/mol. The van der Waals surface area contributed by atoms with Gasteiger partial charge in [0.1, 0.15) is 17.3 Å².